The maximum atomic E-state index is 10.7. The van der Waals surface area contributed by atoms with Gasteiger partial charge in [0, 0.05) is 25.7 Å². The number of nitrogens with one attached hydrogen (secondary N) is 1. The van der Waals surface area contributed by atoms with Crippen LogP contribution < -0.4 is 15.8 Å². The van der Waals surface area contributed by atoms with Crippen LogP contribution in [0.25, 0.3) is 0 Å². The van der Waals surface area contributed by atoms with Gasteiger partial charge in [0.1, 0.15) is 5.75 Å². The summed E-state index contributed by atoms with van der Waals surface area (Å²) in [4.78, 5) is 13.2. The summed E-state index contributed by atoms with van der Waals surface area (Å²) in [6.07, 6.45) is 1.16. The molecule has 1 aliphatic rings. The van der Waals surface area contributed by atoms with E-state index in [2.05, 4.69) is 17.1 Å². The standard InChI is InChI=1S/C15H23N3O2/c1-2-7-18(13-8-17-9-13)10-12-3-5-14(6-4-12)20-11-15(16)19/h3-6,13,17H,2,7-11H2,1H3,(H2,16,19). The molecule has 1 heterocycles. The van der Waals surface area contributed by atoms with Crippen molar-refractivity contribution in [2.75, 3.05) is 26.2 Å². The molecule has 1 aromatic rings. The zero-order valence-electron chi connectivity index (χ0n) is 12.0. The van der Waals surface area contributed by atoms with Gasteiger partial charge in [0.05, 0.1) is 0 Å². The van der Waals surface area contributed by atoms with Crippen molar-refractivity contribution in [3.63, 3.8) is 0 Å². The second-order valence-corrected chi connectivity index (χ2v) is 5.18. The van der Waals surface area contributed by atoms with Crippen LogP contribution in [0.4, 0.5) is 0 Å². The molecule has 0 aliphatic carbocycles. The van der Waals surface area contributed by atoms with Crippen LogP contribution in [0, 0.1) is 0 Å². The summed E-state index contributed by atoms with van der Waals surface area (Å²) in [5.74, 6) is 0.223. The van der Waals surface area contributed by atoms with Gasteiger partial charge in [0.2, 0.25) is 0 Å². The lowest BCUT2D eigenvalue weighted by Crippen LogP contribution is -2.56. The number of primary amides is 1. The Morgan fingerprint density at radius 3 is 2.60 bits per heavy atom. The van der Waals surface area contributed by atoms with Crippen LogP contribution in [-0.2, 0) is 11.3 Å². The third-order valence-corrected chi connectivity index (χ3v) is 3.48. The number of ether oxygens (including phenoxy) is 1. The highest BCUT2D eigenvalue weighted by Gasteiger charge is 2.23. The molecule has 0 radical (unpaired) electrons. The minimum absolute atomic E-state index is 0.0744. The van der Waals surface area contributed by atoms with Crippen LogP contribution >= 0.6 is 0 Å². The second kappa shape index (κ2) is 7.26. The fraction of sp³-hybridized carbons (Fsp3) is 0.533. The first-order chi connectivity index (χ1) is 9.69. The molecule has 0 aromatic heterocycles. The summed E-state index contributed by atoms with van der Waals surface area (Å²) in [5, 5.41) is 3.32. The molecule has 0 saturated carbocycles. The molecule has 20 heavy (non-hydrogen) atoms. The number of benzene rings is 1. The predicted molar refractivity (Wildman–Crippen MR) is 78.5 cm³/mol. The van der Waals surface area contributed by atoms with E-state index >= 15 is 0 Å². The lowest BCUT2D eigenvalue weighted by molar-refractivity contribution is -0.119. The van der Waals surface area contributed by atoms with Gasteiger partial charge in [-0.25, -0.2) is 0 Å². The Balaban J connectivity index is 1.89. The normalized spacial score (nSPS) is 15.1. The van der Waals surface area contributed by atoms with Gasteiger partial charge < -0.3 is 15.8 Å². The Morgan fingerprint density at radius 1 is 1.40 bits per heavy atom. The zero-order valence-corrected chi connectivity index (χ0v) is 12.0. The first-order valence-electron chi connectivity index (χ1n) is 7.14. The van der Waals surface area contributed by atoms with Gasteiger partial charge in [0.25, 0.3) is 5.91 Å². The second-order valence-electron chi connectivity index (χ2n) is 5.18. The monoisotopic (exact) mass is 277 g/mol. The Hall–Kier alpha value is -1.59. The van der Waals surface area contributed by atoms with E-state index in [1.54, 1.807) is 0 Å². The number of nitrogens with zero attached hydrogens (tertiary/aromatic N) is 1. The van der Waals surface area contributed by atoms with Crippen LogP contribution in [0.2, 0.25) is 0 Å². The number of carbonyl (C=O) groups is 1. The van der Waals surface area contributed by atoms with E-state index in [-0.39, 0.29) is 6.61 Å². The SMILES string of the molecule is CCCN(Cc1ccc(OCC(N)=O)cc1)C1CNC1. The maximum Gasteiger partial charge on any atom is 0.255 e. The van der Waals surface area contributed by atoms with Crippen molar-refractivity contribution in [3.8, 4) is 5.75 Å². The van der Waals surface area contributed by atoms with E-state index in [9.17, 15) is 4.79 Å². The van der Waals surface area contributed by atoms with E-state index in [1.165, 1.54) is 5.56 Å². The largest absolute Gasteiger partial charge is 0.484 e. The molecule has 5 heteroatoms. The molecule has 1 amide bonds. The summed E-state index contributed by atoms with van der Waals surface area (Å²) in [5.41, 5.74) is 6.31. The first-order valence-corrected chi connectivity index (χ1v) is 7.14. The van der Waals surface area contributed by atoms with Crippen LogP contribution in [-0.4, -0.2) is 43.1 Å². The highest BCUT2D eigenvalue weighted by Crippen LogP contribution is 2.16. The highest BCUT2D eigenvalue weighted by molar-refractivity contribution is 5.75. The molecule has 0 spiro atoms. The minimum atomic E-state index is -0.458. The molecule has 0 atom stereocenters. The molecule has 2 rings (SSSR count). The zero-order chi connectivity index (χ0) is 14.4. The molecule has 5 nitrogen and oxygen atoms in total. The summed E-state index contributed by atoms with van der Waals surface area (Å²) in [6.45, 7) is 6.37. The Kier molecular flexibility index (Phi) is 5.38. The fourth-order valence-corrected chi connectivity index (χ4v) is 2.29. The minimum Gasteiger partial charge on any atom is -0.484 e. The summed E-state index contributed by atoms with van der Waals surface area (Å²) in [7, 11) is 0. The van der Waals surface area contributed by atoms with Crippen molar-refractivity contribution in [1.82, 2.24) is 10.2 Å². The van der Waals surface area contributed by atoms with E-state index in [0.717, 1.165) is 32.6 Å². The van der Waals surface area contributed by atoms with E-state index in [0.29, 0.717) is 11.8 Å². The van der Waals surface area contributed by atoms with Crippen molar-refractivity contribution in [2.24, 2.45) is 5.73 Å². The molecule has 1 aromatic carbocycles. The molecule has 1 aliphatic heterocycles. The number of rotatable bonds is 8. The molecule has 1 fully saturated rings. The molecule has 110 valence electrons. The quantitative estimate of drug-likeness (QED) is 0.735. The molecular formula is C15H23N3O2. The van der Waals surface area contributed by atoms with Gasteiger partial charge >= 0.3 is 0 Å². The lowest BCUT2D eigenvalue weighted by Gasteiger charge is -2.38. The third-order valence-electron chi connectivity index (χ3n) is 3.48. The highest BCUT2D eigenvalue weighted by atomic mass is 16.5. The van der Waals surface area contributed by atoms with Gasteiger partial charge in [-0.1, -0.05) is 19.1 Å². The predicted octanol–water partition coefficient (Wildman–Crippen LogP) is 0.735. The molecular weight excluding hydrogens is 254 g/mol. The number of carbonyl (C=O) groups excluding carboxylic acids is 1. The lowest BCUT2D eigenvalue weighted by atomic mass is 10.1. The topological polar surface area (TPSA) is 67.6 Å². The Bertz CT molecular complexity index is 429. The summed E-state index contributed by atoms with van der Waals surface area (Å²) < 4.78 is 5.26. The van der Waals surface area contributed by atoms with E-state index in [1.807, 2.05) is 24.3 Å². The van der Waals surface area contributed by atoms with Crippen molar-refractivity contribution in [3.05, 3.63) is 29.8 Å². The molecule has 0 unspecified atom stereocenters. The van der Waals surface area contributed by atoms with Gasteiger partial charge in [-0.2, -0.15) is 0 Å². The molecule has 1 saturated heterocycles. The van der Waals surface area contributed by atoms with Crippen LogP contribution in [0.15, 0.2) is 24.3 Å². The van der Waals surface area contributed by atoms with Gasteiger partial charge in [-0.3, -0.25) is 9.69 Å². The first kappa shape index (κ1) is 14.8. The number of amides is 1. The average molecular weight is 277 g/mol. The molecule has 0 bridgehead atoms. The average Bonchev–Trinajstić information content (AvgIpc) is 2.36. The molecule has 3 N–H and O–H groups in total. The van der Waals surface area contributed by atoms with Crippen molar-refractivity contribution < 1.29 is 9.53 Å². The Labute approximate surface area is 120 Å². The smallest absolute Gasteiger partial charge is 0.255 e. The van der Waals surface area contributed by atoms with Crippen LogP contribution in [0.1, 0.15) is 18.9 Å². The Morgan fingerprint density at radius 2 is 2.10 bits per heavy atom. The van der Waals surface area contributed by atoms with Crippen molar-refractivity contribution in [2.45, 2.75) is 25.9 Å². The van der Waals surface area contributed by atoms with Gasteiger partial charge in [-0.05, 0) is 30.7 Å². The van der Waals surface area contributed by atoms with Crippen LogP contribution in [0.5, 0.6) is 5.75 Å². The van der Waals surface area contributed by atoms with Crippen molar-refractivity contribution >= 4 is 5.91 Å². The van der Waals surface area contributed by atoms with Crippen LogP contribution in [0.3, 0.4) is 0 Å². The summed E-state index contributed by atoms with van der Waals surface area (Å²) in [6, 6.07) is 8.53. The fourth-order valence-electron chi connectivity index (χ4n) is 2.29. The van der Waals surface area contributed by atoms with Crippen molar-refractivity contribution in [1.29, 1.82) is 0 Å². The maximum absolute atomic E-state index is 10.7. The van der Waals surface area contributed by atoms with Gasteiger partial charge in [0.15, 0.2) is 6.61 Å². The van der Waals surface area contributed by atoms with E-state index in [4.69, 9.17) is 10.5 Å². The number of hydrogen-bond acceptors (Lipinski definition) is 4. The van der Waals surface area contributed by atoms with E-state index < -0.39 is 5.91 Å². The number of hydrogen-bond donors (Lipinski definition) is 2. The number of nitrogens with two attached hydrogens (primary N) is 1. The summed E-state index contributed by atoms with van der Waals surface area (Å²) >= 11 is 0. The van der Waals surface area contributed by atoms with Gasteiger partial charge in [-0.15, -0.1) is 0 Å². The third kappa shape index (κ3) is 4.21.